The number of aromatic nitrogens is 8. The van der Waals surface area contributed by atoms with Crippen LogP contribution < -0.4 is 16.4 Å². The van der Waals surface area contributed by atoms with E-state index in [2.05, 4.69) is 68.3 Å². The molecular formula is C41H44N10O2. The Hall–Kier alpha value is -5.72. The molecule has 53 heavy (non-hydrogen) atoms. The van der Waals surface area contributed by atoms with Crippen LogP contribution in [0, 0.1) is 25.7 Å². The molecular weight excluding hydrogens is 665 g/mol. The first-order valence-corrected chi connectivity index (χ1v) is 18.3. The van der Waals surface area contributed by atoms with E-state index in [0.717, 1.165) is 66.6 Å². The Labute approximate surface area is 307 Å². The van der Waals surface area contributed by atoms with Gasteiger partial charge in [0.05, 0.1) is 12.4 Å². The van der Waals surface area contributed by atoms with Crippen LogP contribution in [0.3, 0.4) is 0 Å². The summed E-state index contributed by atoms with van der Waals surface area (Å²) in [7, 11) is 0. The highest BCUT2D eigenvalue weighted by molar-refractivity contribution is 5.65. The van der Waals surface area contributed by atoms with Crippen molar-refractivity contribution in [3.8, 4) is 22.8 Å². The quantitative estimate of drug-likeness (QED) is 0.210. The molecule has 4 aromatic heterocycles. The molecule has 2 aliphatic heterocycles. The van der Waals surface area contributed by atoms with Gasteiger partial charge in [0.1, 0.15) is 11.6 Å². The molecule has 270 valence electrons. The fourth-order valence-electron chi connectivity index (χ4n) is 7.75. The Morgan fingerprint density at radius 2 is 1.17 bits per heavy atom. The van der Waals surface area contributed by atoms with E-state index in [1.165, 1.54) is 5.56 Å². The topological polar surface area (TPSA) is 141 Å². The molecule has 0 aliphatic carbocycles. The molecule has 3 N–H and O–H groups in total. The number of hydrogen-bond donors (Lipinski definition) is 3. The summed E-state index contributed by atoms with van der Waals surface area (Å²) in [5.41, 5.74) is 6.19. The van der Waals surface area contributed by atoms with Crippen molar-refractivity contribution >= 4 is 11.0 Å². The maximum Gasteiger partial charge on any atom is 0.276 e. The molecule has 2 aliphatic rings. The molecule has 2 fully saturated rings. The Morgan fingerprint density at radius 3 is 1.70 bits per heavy atom. The van der Waals surface area contributed by atoms with E-state index < -0.39 is 0 Å². The minimum absolute atomic E-state index is 0.138. The second-order valence-corrected chi connectivity index (χ2v) is 14.6. The van der Waals surface area contributed by atoms with Gasteiger partial charge in [0, 0.05) is 49.1 Å². The van der Waals surface area contributed by atoms with Crippen LogP contribution in [0.2, 0.25) is 0 Å². The summed E-state index contributed by atoms with van der Waals surface area (Å²) in [6.07, 6.45) is 3.20. The normalized spacial score (nSPS) is 20.2. The highest BCUT2D eigenvalue weighted by atomic mass is 16.1. The third-order valence-corrected chi connectivity index (χ3v) is 10.8. The fraction of sp³-hybridized carbons (Fsp3) is 0.317. The maximum absolute atomic E-state index is 12.8. The second-order valence-electron chi connectivity index (χ2n) is 14.6. The van der Waals surface area contributed by atoms with Gasteiger partial charge >= 0.3 is 0 Å². The molecule has 2 saturated heterocycles. The Kier molecular flexibility index (Phi) is 9.31. The Bertz CT molecular complexity index is 2520. The van der Waals surface area contributed by atoms with Gasteiger partial charge in [-0.1, -0.05) is 92.7 Å². The smallest absolute Gasteiger partial charge is 0.276 e. The number of nitrogens with one attached hydrogen (secondary N) is 3. The molecule has 4 atom stereocenters. The molecule has 3 aromatic carbocycles. The minimum Gasteiger partial charge on any atom is -0.316 e. The average Bonchev–Trinajstić information content (AvgIpc) is 3.96. The summed E-state index contributed by atoms with van der Waals surface area (Å²) < 4.78 is 3.39. The van der Waals surface area contributed by atoms with Crippen LogP contribution in [0.5, 0.6) is 0 Å². The maximum atomic E-state index is 12.8. The zero-order chi connectivity index (χ0) is 36.6. The number of benzene rings is 3. The van der Waals surface area contributed by atoms with E-state index in [1.807, 2.05) is 68.4 Å². The number of hydrogen-bond acceptors (Lipinski definition) is 8. The van der Waals surface area contributed by atoms with Crippen LogP contribution in [0.15, 0.2) is 101 Å². The number of imidazole rings is 2. The lowest BCUT2D eigenvalue weighted by Gasteiger charge is -2.16. The number of nitrogens with zero attached hydrogens (tertiary/aromatic N) is 7. The Morgan fingerprint density at radius 1 is 0.642 bits per heavy atom. The molecule has 0 spiro atoms. The number of rotatable bonds is 6. The number of likely N-dealkylation sites (tertiary alicyclic amines) is 1. The zero-order valence-electron chi connectivity index (χ0n) is 30.5. The van der Waals surface area contributed by atoms with E-state index in [0.29, 0.717) is 34.5 Å². The molecule has 7 aromatic rings. The number of aromatic amines is 2. The molecule has 0 radical (unpaired) electrons. The lowest BCUT2D eigenvalue weighted by Crippen LogP contribution is -2.23. The summed E-state index contributed by atoms with van der Waals surface area (Å²) in [4.78, 5) is 42.6. The van der Waals surface area contributed by atoms with Gasteiger partial charge in [-0.05, 0) is 48.9 Å². The summed E-state index contributed by atoms with van der Waals surface area (Å²) in [5, 5.41) is 12.9. The average molecular weight is 709 g/mol. The van der Waals surface area contributed by atoms with Crippen LogP contribution in [-0.2, 0) is 6.54 Å². The summed E-state index contributed by atoms with van der Waals surface area (Å²) >= 11 is 0. The highest BCUT2D eigenvalue weighted by Crippen LogP contribution is 2.32. The molecule has 0 amide bonds. The van der Waals surface area contributed by atoms with Crippen molar-refractivity contribution in [3.63, 3.8) is 0 Å². The van der Waals surface area contributed by atoms with Gasteiger partial charge in [0.15, 0.2) is 22.7 Å². The molecule has 4 unspecified atom stereocenters. The van der Waals surface area contributed by atoms with E-state index in [9.17, 15) is 9.59 Å². The second kappa shape index (κ2) is 14.4. The molecule has 0 bridgehead atoms. The predicted molar refractivity (Wildman–Crippen MR) is 206 cm³/mol. The Balaban J connectivity index is 0.000000156. The molecule has 12 heteroatoms. The summed E-state index contributed by atoms with van der Waals surface area (Å²) in [6.45, 7) is 13.0. The first-order chi connectivity index (χ1) is 25.7. The van der Waals surface area contributed by atoms with Crippen LogP contribution in [0.1, 0.15) is 54.0 Å². The van der Waals surface area contributed by atoms with Crippen molar-refractivity contribution in [1.82, 2.24) is 49.4 Å². The third kappa shape index (κ3) is 6.71. The van der Waals surface area contributed by atoms with Gasteiger partial charge in [0.2, 0.25) is 0 Å². The van der Waals surface area contributed by atoms with Crippen molar-refractivity contribution in [1.29, 1.82) is 0 Å². The fourth-order valence-corrected chi connectivity index (χ4v) is 7.75. The van der Waals surface area contributed by atoms with Crippen LogP contribution in [0.25, 0.3) is 33.8 Å². The number of fused-ring (bicyclic) bond motifs is 2. The molecule has 0 saturated carbocycles. The van der Waals surface area contributed by atoms with E-state index in [4.69, 9.17) is 10.2 Å². The van der Waals surface area contributed by atoms with Crippen LogP contribution in [0.4, 0.5) is 0 Å². The standard InChI is InChI=1S/C24H25N5O.C17H19N5O/c1-16-8-6-7-11-19(16)23-25-12-21-24(30)26-22(27-29(21)23)20-15-28(13-17(20)2)14-18-9-4-3-5-10-18;1-10-5-3-4-6-12(10)16-19-9-14-17(23)20-15(21-22(14)16)13-8-18-7-11(13)2/h3-12,17,20H,13-15H2,1-2H3,(H,26,27,30);3-6,9,11,13,18H,7-8H2,1-2H3,(H,20,21,23). The summed E-state index contributed by atoms with van der Waals surface area (Å²) in [5.74, 6) is 4.14. The molecule has 12 nitrogen and oxygen atoms in total. The van der Waals surface area contributed by atoms with Crippen LogP contribution in [-0.4, -0.2) is 70.2 Å². The third-order valence-electron chi connectivity index (χ3n) is 10.8. The van der Waals surface area contributed by atoms with E-state index in [1.54, 1.807) is 21.4 Å². The van der Waals surface area contributed by atoms with Crippen molar-refractivity contribution in [2.45, 2.75) is 46.1 Å². The summed E-state index contributed by atoms with van der Waals surface area (Å²) in [6, 6.07) is 26.6. The first kappa shape index (κ1) is 34.4. The van der Waals surface area contributed by atoms with Gasteiger partial charge in [-0.3, -0.25) is 14.5 Å². The van der Waals surface area contributed by atoms with Gasteiger partial charge in [-0.2, -0.15) is 10.2 Å². The van der Waals surface area contributed by atoms with Crippen molar-refractivity contribution in [3.05, 3.63) is 140 Å². The largest absolute Gasteiger partial charge is 0.316 e. The van der Waals surface area contributed by atoms with Gasteiger partial charge in [-0.15, -0.1) is 0 Å². The van der Waals surface area contributed by atoms with E-state index >= 15 is 0 Å². The van der Waals surface area contributed by atoms with Gasteiger partial charge < -0.3 is 15.3 Å². The molecule has 6 heterocycles. The zero-order valence-corrected chi connectivity index (χ0v) is 30.5. The van der Waals surface area contributed by atoms with Gasteiger partial charge in [0.25, 0.3) is 11.1 Å². The highest BCUT2D eigenvalue weighted by Gasteiger charge is 2.33. The first-order valence-electron chi connectivity index (χ1n) is 18.3. The van der Waals surface area contributed by atoms with Crippen molar-refractivity contribution in [2.24, 2.45) is 11.8 Å². The molecule has 9 rings (SSSR count). The monoisotopic (exact) mass is 708 g/mol. The SMILES string of the molecule is Cc1ccccc1-c1ncc2c(=O)[nH]c(C3CN(Cc4ccccc4)CC3C)nn12.Cc1ccccc1-c1ncc2c(=O)[nH]c(C3CNCC3C)nn12. The lowest BCUT2D eigenvalue weighted by atomic mass is 9.97. The van der Waals surface area contributed by atoms with Crippen molar-refractivity contribution in [2.75, 3.05) is 26.2 Å². The van der Waals surface area contributed by atoms with Crippen LogP contribution >= 0.6 is 0 Å². The number of aryl methyl sites for hydroxylation is 2. The minimum atomic E-state index is -0.138. The predicted octanol–water partition coefficient (Wildman–Crippen LogP) is 5.34. The van der Waals surface area contributed by atoms with E-state index in [-0.39, 0.29) is 23.0 Å². The number of H-pyrrole nitrogens is 2. The van der Waals surface area contributed by atoms with Gasteiger partial charge in [-0.25, -0.2) is 19.0 Å². The van der Waals surface area contributed by atoms with Crippen molar-refractivity contribution < 1.29 is 0 Å². The lowest BCUT2D eigenvalue weighted by molar-refractivity contribution is 0.318.